The Morgan fingerprint density at radius 2 is 2.00 bits per heavy atom. The summed E-state index contributed by atoms with van der Waals surface area (Å²) in [6.45, 7) is 1.57. The van der Waals surface area contributed by atoms with Crippen molar-refractivity contribution in [3.63, 3.8) is 0 Å². The molecule has 0 bridgehead atoms. The molecule has 5 nitrogen and oxygen atoms in total. The van der Waals surface area contributed by atoms with Gasteiger partial charge in [0.2, 0.25) is 10.0 Å². The molecule has 1 aromatic carbocycles. The first-order valence-corrected chi connectivity index (χ1v) is 9.02. The summed E-state index contributed by atoms with van der Waals surface area (Å²) in [5.41, 5.74) is 1.01. The molecule has 0 spiro atoms. The standard InChI is InChI=1S/C13H17N3O2S2/c14-20(17,18)11-5-1-9(2-6-11)7-15-13-16-8-12(19-13)10-3-4-10/h1-2,5-6,10,12H,3-4,7-8H2,(H,15,16)(H2,14,17,18). The van der Waals surface area contributed by atoms with Crippen LogP contribution in [0.15, 0.2) is 34.2 Å². The Labute approximate surface area is 123 Å². The minimum Gasteiger partial charge on any atom is -0.361 e. The van der Waals surface area contributed by atoms with Gasteiger partial charge in [0.25, 0.3) is 0 Å². The molecule has 1 aromatic rings. The van der Waals surface area contributed by atoms with Crippen molar-refractivity contribution in [2.24, 2.45) is 16.0 Å². The maximum atomic E-state index is 11.2. The summed E-state index contributed by atoms with van der Waals surface area (Å²) in [6.07, 6.45) is 2.69. The number of rotatable bonds is 4. The van der Waals surface area contributed by atoms with Gasteiger partial charge in [-0.25, -0.2) is 13.6 Å². The highest BCUT2D eigenvalue weighted by molar-refractivity contribution is 8.14. The van der Waals surface area contributed by atoms with Gasteiger partial charge in [-0.2, -0.15) is 0 Å². The lowest BCUT2D eigenvalue weighted by molar-refractivity contribution is 0.597. The minimum absolute atomic E-state index is 0.141. The van der Waals surface area contributed by atoms with E-state index in [2.05, 4.69) is 10.3 Å². The molecule has 3 N–H and O–H groups in total. The van der Waals surface area contributed by atoms with Crippen LogP contribution in [0, 0.1) is 5.92 Å². The summed E-state index contributed by atoms with van der Waals surface area (Å²) in [5, 5.41) is 10.0. The molecule has 20 heavy (non-hydrogen) atoms. The van der Waals surface area contributed by atoms with E-state index in [9.17, 15) is 8.42 Å². The minimum atomic E-state index is -3.61. The SMILES string of the molecule is NS(=O)(=O)c1ccc(CNC2=NCC(C3CC3)S2)cc1. The zero-order valence-electron chi connectivity index (χ0n) is 11.0. The van der Waals surface area contributed by atoms with E-state index < -0.39 is 10.0 Å². The molecule has 1 fully saturated rings. The third kappa shape index (κ3) is 3.34. The Morgan fingerprint density at radius 3 is 2.60 bits per heavy atom. The first-order chi connectivity index (χ1) is 9.52. The number of primary sulfonamides is 1. The lowest BCUT2D eigenvalue weighted by Crippen LogP contribution is -2.19. The van der Waals surface area contributed by atoms with Crippen molar-refractivity contribution in [3.05, 3.63) is 29.8 Å². The van der Waals surface area contributed by atoms with Crippen LogP contribution in [0.5, 0.6) is 0 Å². The number of nitrogens with one attached hydrogen (secondary N) is 1. The molecule has 108 valence electrons. The molecule has 1 unspecified atom stereocenters. The van der Waals surface area contributed by atoms with Gasteiger partial charge in [0.1, 0.15) is 0 Å². The molecule has 0 aromatic heterocycles. The highest BCUT2D eigenvalue weighted by atomic mass is 32.2. The van der Waals surface area contributed by atoms with Crippen LogP contribution in [-0.4, -0.2) is 25.4 Å². The molecule has 0 amide bonds. The maximum Gasteiger partial charge on any atom is 0.238 e. The van der Waals surface area contributed by atoms with Crippen LogP contribution in [-0.2, 0) is 16.6 Å². The van der Waals surface area contributed by atoms with E-state index in [4.69, 9.17) is 5.14 Å². The Balaban J connectivity index is 1.54. The first-order valence-electron chi connectivity index (χ1n) is 6.59. The van der Waals surface area contributed by atoms with Crippen LogP contribution in [0.25, 0.3) is 0 Å². The van der Waals surface area contributed by atoms with Gasteiger partial charge in [-0.1, -0.05) is 23.9 Å². The van der Waals surface area contributed by atoms with Gasteiger partial charge in [-0.3, -0.25) is 4.99 Å². The van der Waals surface area contributed by atoms with Gasteiger partial charge in [0.15, 0.2) is 5.17 Å². The van der Waals surface area contributed by atoms with Crippen LogP contribution in [0.4, 0.5) is 0 Å². The zero-order valence-corrected chi connectivity index (χ0v) is 12.6. The number of sulfonamides is 1. The molecule has 7 heteroatoms. The molecule has 1 saturated carbocycles. The molecular weight excluding hydrogens is 294 g/mol. The fourth-order valence-electron chi connectivity index (χ4n) is 2.18. The number of nitrogens with zero attached hydrogens (tertiary/aromatic N) is 1. The lowest BCUT2D eigenvalue weighted by Gasteiger charge is -2.08. The van der Waals surface area contributed by atoms with Crippen LogP contribution >= 0.6 is 11.8 Å². The summed E-state index contributed by atoms with van der Waals surface area (Å²) >= 11 is 1.83. The molecule has 3 rings (SSSR count). The fourth-order valence-corrected chi connectivity index (χ4v) is 3.90. The predicted octanol–water partition coefficient (Wildman–Crippen LogP) is 1.30. The molecule has 2 aliphatic rings. The van der Waals surface area contributed by atoms with Gasteiger partial charge in [-0.05, 0) is 36.5 Å². The molecule has 1 aliphatic heterocycles. The number of aliphatic imine (C=N–C) groups is 1. The topological polar surface area (TPSA) is 84.5 Å². The van der Waals surface area contributed by atoms with Crippen molar-refractivity contribution in [1.29, 1.82) is 0 Å². The van der Waals surface area contributed by atoms with E-state index in [-0.39, 0.29) is 4.90 Å². The average molecular weight is 311 g/mol. The molecule has 1 aliphatic carbocycles. The van der Waals surface area contributed by atoms with Crippen LogP contribution in [0.1, 0.15) is 18.4 Å². The monoisotopic (exact) mass is 311 g/mol. The summed E-state index contributed by atoms with van der Waals surface area (Å²) < 4.78 is 22.3. The summed E-state index contributed by atoms with van der Waals surface area (Å²) in [4.78, 5) is 4.64. The van der Waals surface area contributed by atoms with Gasteiger partial charge >= 0.3 is 0 Å². The van der Waals surface area contributed by atoms with E-state index in [1.165, 1.54) is 25.0 Å². The number of nitrogens with two attached hydrogens (primary N) is 1. The number of amidine groups is 1. The second kappa shape index (κ2) is 5.38. The Hall–Kier alpha value is -1.05. The second-order valence-corrected chi connectivity index (χ2v) is 7.97. The molecule has 1 heterocycles. The Bertz CT molecular complexity index is 622. The van der Waals surface area contributed by atoms with Gasteiger partial charge in [0.05, 0.1) is 11.4 Å². The maximum absolute atomic E-state index is 11.2. The van der Waals surface area contributed by atoms with Crippen molar-refractivity contribution in [3.8, 4) is 0 Å². The third-order valence-corrected chi connectivity index (χ3v) is 5.78. The number of hydrogen-bond donors (Lipinski definition) is 2. The van der Waals surface area contributed by atoms with E-state index in [0.29, 0.717) is 11.8 Å². The van der Waals surface area contributed by atoms with E-state index in [1.807, 2.05) is 11.8 Å². The first kappa shape index (κ1) is 13.9. The summed E-state index contributed by atoms with van der Waals surface area (Å²) in [5.74, 6) is 0.858. The average Bonchev–Trinajstić information content (AvgIpc) is 3.15. The van der Waals surface area contributed by atoms with E-state index >= 15 is 0 Å². The van der Waals surface area contributed by atoms with E-state index in [0.717, 1.165) is 23.2 Å². The quantitative estimate of drug-likeness (QED) is 0.878. The lowest BCUT2D eigenvalue weighted by atomic mass is 10.2. The normalized spacial score (nSPS) is 22.6. The molecule has 0 radical (unpaired) electrons. The number of benzene rings is 1. The van der Waals surface area contributed by atoms with Gasteiger partial charge in [0, 0.05) is 11.8 Å². The van der Waals surface area contributed by atoms with Crippen molar-refractivity contribution in [2.75, 3.05) is 6.54 Å². The molecular formula is C13H17N3O2S2. The van der Waals surface area contributed by atoms with Crippen LogP contribution in [0.2, 0.25) is 0 Å². The molecule has 0 saturated heterocycles. The third-order valence-electron chi connectivity index (χ3n) is 3.52. The van der Waals surface area contributed by atoms with Crippen LogP contribution < -0.4 is 10.5 Å². The number of thioether (sulfide) groups is 1. The Morgan fingerprint density at radius 1 is 1.30 bits per heavy atom. The van der Waals surface area contributed by atoms with Crippen molar-refractivity contribution in [1.82, 2.24) is 5.32 Å². The van der Waals surface area contributed by atoms with Crippen LogP contribution in [0.3, 0.4) is 0 Å². The summed E-state index contributed by atoms with van der Waals surface area (Å²) in [7, 11) is -3.61. The van der Waals surface area contributed by atoms with Gasteiger partial charge < -0.3 is 5.32 Å². The largest absolute Gasteiger partial charge is 0.361 e. The fraction of sp³-hybridized carbons (Fsp3) is 0.462. The van der Waals surface area contributed by atoms with Crippen molar-refractivity contribution >= 4 is 27.0 Å². The van der Waals surface area contributed by atoms with E-state index in [1.54, 1.807) is 12.1 Å². The second-order valence-electron chi connectivity index (χ2n) is 5.18. The highest BCUT2D eigenvalue weighted by Crippen LogP contribution is 2.41. The smallest absolute Gasteiger partial charge is 0.238 e. The summed E-state index contributed by atoms with van der Waals surface area (Å²) in [6, 6.07) is 6.60. The van der Waals surface area contributed by atoms with Crippen molar-refractivity contribution in [2.45, 2.75) is 29.5 Å². The number of hydrogen-bond acceptors (Lipinski definition) is 5. The highest BCUT2D eigenvalue weighted by Gasteiger charge is 2.35. The zero-order chi connectivity index (χ0) is 14.2. The molecule has 1 atom stereocenters. The predicted molar refractivity (Wildman–Crippen MR) is 81.1 cm³/mol. The van der Waals surface area contributed by atoms with Crippen molar-refractivity contribution < 1.29 is 8.42 Å². The Kier molecular flexibility index (Phi) is 3.74. The van der Waals surface area contributed by atoms with Gasteiger partial charge in [-0.15, -0.1) is 0 Å².